The number of piperazine rings is 1. The van der Waals surface area contributed by atoms with Crippen LogP contribution in [0.15, 0.2) is 0 Å². The van der Waals surface area contributed by atoms with Crippen LogP contribution in [0.4, 0.5) is 4.79 Å². The van der Waals surface area contributed by atoms with Crippen LogP contribution in [0.25, 0.3) is 0 Å². The fraction of sp³-hybridized carbons (Fsp3) is 0.917. The molecule has 1 aliphatic rings. The quantitative estimate of drug-likeness (QED) is 0.746. The van der Waals surface area contributed by atoms with Crippen molar-refractivity contribution in [2.75, 3.05) is 13.1 Å². The topological polar surface area (TPSA) is 41.6 Å². The average molecular weight is 228 g/mol. The first-order valence-electron chi connectivity index (χ1n) is 6.06. The molecule has 0 radical (unpaired) electrons. The summed E-state index contributed by atoms with van der Waals surface area (Å²) in [4.78, 5) is 13.8. The van der Waals surface area contributed by atoms with E-state index in [-0.39, 0.29) is 12.1 Å². The van der Waals surface area contributed by atoms with Gasteiger partial charge in [0.05, 0.1) is 0 Å². The Morgan fingerprint density at radius 3 is 2.62 bits per heavy atom. The maximum absolute atomic E-state index is 12.0. The fourth-order valence-electron chi connectivity index (χ4n) is 1.78. The fourth-order valence-corrected chi connectivity index (χ4v) is 1.78. The van der Waals surface area contributed by atoms with Crippen molar-refractivity contribution in [3.63, 3.8) is 0 Å². The number of nitrogens with zero attached hydrogens (tertiary/aromatic N) is 1. The molecule has 1 N–H and O–H groups in total. The first kappa shape index (κ1) is 13.3. The highest BCUT2D eigenvalue weighted by Crippen LogP contribution is 2.15. The van der Waals surface area contributed by atoms with Crippen molar-refractivity contribution in [1.29, 1.82) is 0 Å². The first-order valence-corrected chi connectivity index (χ1v) is 6.06. The van der Waals surface area contributed by atoms with Crippen LogP contribution in [0.3, 0.4) is 0 Å². The highest BCUT2D eigenvalue weighted by molar-refractivity contribution is 5.68. The third-order valence-electron chi connectivity index (χ3n) is 2.77. The Labute approximate surface area is 98.3 Å². The molecule has 1 rings (SSSR count). The van der Waals surface area contributed by atoms with Gasteiger partial charge in [-0.25, -0.2) is 4.79 Å². The molecule has 94 valence electrons. The van der Waals surface area contributed by atoms with E-state index >= 15 is 0 Å². The zero-order valence-corrected chi connectivity index (χ0v) is 11.0. The van der Waals surface area contributed by atoms with E-state index in [1.165, 1.54) is 0 Å². The van der Waals surface area contributed by atoms with Gasteiger partial charge in [-0.3, -0.25) is 0 Å². The van der Waals surface area contributed by atoms with Gasteiger partial charge >= 0.3 is 6.09 Å². The van der Waals surface area contributed by atoms with Crippen molar-refractivity contribution in [2.24, 2.45) is 0 Å². The summed E-state index contributed by atoms with van der Waals surface area (Å²) in [5.74, 6) is 0. The van der Waals surface area contributed by atoms with E-state index in [1.54, 1.807) is 0 Å². The summed E-state index contributed by atoms with van der Waals surface area (Å²) in [5, 5.41) is 3.42. The summed E-state index contributed by atoms with van der Waals surface area (Å²) in [6, 6.07) is 0.598. The molecule has 0 bridgehead atoms. The minimum atomic E-state index is -0.413. The summed E-state index contributed by atoms with van der Waals surface area (Å²) in [6.45, 7) is 11.5. The molecule has 4 heteroatoms. The van der Waals surface area contributed by atoms with Crippen molar-refractivity contribution in [1.82, 2.24) is 10.2 Å². The lowest BCUT2D eigenvalue weighted by atomic mass is 10.1. The van der Waals surface area contributed by atoms with E-state index in [0.29, 0.717) is 6.04 Å². The number of ether oxygens (including phenoxy) is 1. The smallest absolute Gasteiger partial charge is 0.410 e. The molecule has 1 fully saturated rings. The maximum atomic E-state index is 12.0. The number of rotatable bonds is 1. The molecule has 2 atom stereocenters. The van der Waals surface area contributed by atoms with Crippen molar-refractivity contribution in [3.8, 4) is 0 Å². The Morgan fingerprint density at radius 2 is 2.12 bits per heavy atom. The Kier molecular flexibility index (Phi) is 4.19. The summed E-state index contributed by atoms with van der Waals surface area (Å²) < 4.78 is 5.40. The van der Waals surface area contributed by atoms with Gasteiger partial charge in [-0.15, -0.1) is 0 Å². The molecule has 0 aromatic heterocycles. The summed E-state index contributed by atoms with van der Waals surface area (Å²) in [7, 11) is 0. The van der Waals surface area contributed by atoms with Gasteiger partial charge < -0.3 is 15.0 Å². The van der Waals surface area contributed by atoms with Crippen LogP contribution in [0.2, 0.25) is 0 Å². The van der Waals surface area contributed by atoms with Crippen molar-refractivity contribution in [3.05, 3.63) is 0 Å². The monoisotopic (exact) mass is 228 g/mol. The van der Waals surface area contributed by atoms with Crippen LogP contribution < -0.4 is 5.32 Å². The van der Waals surface area contributed by atoms with E-state index in [2.05, 4.69) is 12.2 Å². The van der Waals surface area contributed by atoms with Gasteiger partial charge in [-0.05, 0) is 34.1 Å². The molecule has 0 aliphatic carbocycles. The van der Waals surface area contributed by atoms with Gasteiger partial charge in [0.1, 0.15) is 5.60 Å². The van der Waals surface area contributed by atoms with Gasteiger partial charge in [0.25, 0.3) is 0 Å². The molecule has 1 aliphatic heterocycles. The van der Waals surface area contributed by atoms with Crippen LogP contribution in [0.5, 0.6) is 0 Å². The molecule has 0 spiro atoms. The zero-order chi connectivity index (χ0) is 12.3. The van der Waals surface area contributed by atoms with Crippen molar-refractivity contribution < 1.29 is 9.53 Å². The van der Waals surface area contributed by atoms with Crippen molar-refractivity contribution in [2.45, 2.75) is 58.7 Å². The molecular formula is C12H24N2O2. The molecule has 0 aromatic rings. The minimum Gasteiger partial charge on any atom is -0.444 e. The highest BCUT2D eigenvalue weighted by Gasteiger charge is 2.30. The summed E-state index contributed by atoms with van der Waals surface area (Å²) in [6.07, 6.45) is 0.839. The molecule has 0 aromatic carbocycles. The molecule has 1 heterocycles. The van der Waals surface area contributed by atoms with E-state index in [9.17, 15) is 4.79 Å². The number of hydrogen-bond acceptors (Lipinski definition) is 3. The molecule has 1 saturated heterocycles. The summed E-state index contributed by atoms with van der Waals surface area (Å²) in [5.41, 5.74) is -0.413. The third-order valence-corrected chi connectivity index (χ3v) is 2.77. The normalized spacial score (nSPS) is 26.7. The molecular weight excluding hydrogens is 204 g/mol. The predicted molar refractivity (Wildman–Crippen MR) is 64.5 cm³/mol. The van der Waals surface area contributed by atoms with Crippen molar-refractivity contribution >= 4 is 6.09 Å². The minimum absolute atomic E-state index is 0.194. The SMILES string of the molecule is CC[C@H]1CN(C(=O)OC(C)(C)C)[C@H](C)CN1. The lowest BCUT2D eigenvalue weighted by Crippen LogP contribution is -2.57. The number of hydrogen-bond donors (Lipinski definition) is 1. The largest absolute Gasteiger partial charge is 0.444 e. The van der Waals surface area contributed by atoms with Gasteiger partial charge in [0.2, 0.25) is 0 Å². The predicted octanol–water partition coefficient (Wildman–Crippen LogP) is 1.99. The second-order valence-corrected chi connectivity index (χ2v) is 5.50. The third kappa shape index (κ3) is 3.67. The highest BCUT2D eigenvalue weighted by atomic mass is 16.6. The van der Waals surface area contributed by atoms with Gasteiger partial charge in [0.15, 0.2) is 0 Å². The first-order chi connectivity index (χ1) is 7.33. The number of carbonyl (C=O) groups is 1. The van der Waals surface area contributed by atoms with Crippen LogP contribution in [-0.4, -0.2) is 41.8 Å². The van der Waals surface area contributed by atoms with Gasteiger partial charge in [-0.2, -0.15) is 0 Å². The second-order valence-electron chi connectivity index (χ2n) is 5.50. The van der Waals surface area contributed by atoms with Crippen LogP contribution in [0, 0.1) is 0 Å². The van der Waals surface area contributed by atoms with Crippen LogP contribution >= 0.6 is 0 Å². The van der Waals surface area contributed by atoms with Gasteiger partial charge in [-0.1, -0.05) is 6.92 Å². The molecule has 0 unspecified atom stereocenters. The zero-order valence-electron chi connectivity index (χ0n) is 11.0. The molecule has 0 saturated carbocycles. The molecule has 16 heavy (non-hydrogen) atoms. The lowest BCUT2D eigenvalue weighted by molar-refractivity contribution is 0.00952. The van der Waals surface area contributed by atoms with E-state index in [1.807, 2.05) is 32.6 Å². The Morgan fingerprint density at radius 1 is 1.50 bits per heavy atom. The maximum Gasteiger partial charge on any atom is 0.410 e. The van der Waals surface area contributed by atoms with Crippen LogP contribution in [-0.2, 0) is 4.74 Å². The standard InChI is InChI=1S/C12H24N2O2/c1-6-10-8-14(9(2)7-13-10)11(15)16-12(3,4)5/h9-10,13H,6-8H2,1-5H3/t9-,10+/m1/s1. The Balaban J connectivity index is 2.59. The van der Waals surface area contributed by atoms with E-state index in [4.69, 9.17) is 4.74 Å². The molecule has 1 amide bonds. The number of carbonyl (C=O) groups excluding carboxylic acids is 1. The summed E-state index contributed by atoms with van der Waals surface area (Å²) >= 11 is 0. The van der Waals surface area contributed by atoms with E-state index < -0.39 is 5.60 Å². The second kappa shape index (κ2) is 5.04. The lowest BCUT2D eigenvalue weighted by Gasteiger charge is -2.39. The number of nitrogens with one attached hydrogen (secondary N) is 1. The van der Waals surface area contributed by atoms with E-state index in [0.717, 1.165) is 19.5 Å². The number of amides is 1. The average Bonchev–Trinajstić information content (AvgIpc) is 2.15. The Bertz CT molecular complexity index is 248. The Hall–Kier alpha value is -0.770. The van der Waals surface area contributed by atoms with Crippen LogP contribution in [0.1, 0.15) is 41.0 Å². The molecule has 4 nitrogen and oxygen atoms in total. The van der Waals surface area contributed by atoms with Gasteiger partial charge in [0, 0.05) is 25.2 Å².